The monoisotopic (exact) mass is 224 g/mol. The largest absolute Gasteiger partial charge is 0.385 e. The lowest BCUT2D eigenvalue weighted by atomic mass is 10.4. The zero-order chi connectivity index (χ0) is 10.9. The van der Waals surface area contributed by atoms with Gasteiger partial charge in [-0.25, -0.2) is 13.1 Å². The van der Waals surface area contributed by atoms with Gasteiger partial charge in [0.15, 0.2) is 0 Å². The Morgan fingerprint density at radius 3 is 2.50 bits per heavy atom. The number of nitrogens with one attached hydrogen (secondary N) is 2. The predicted octanol–water partition coefficient (Wildman–Crippen LogP) is -0.448. The molecule has 0 radical (unpaired) electrons. The van der Waals surface area contributed by atoms with Crippen LogP contribution in [0.25, 0.3) is 0 Å². The molecule has 5 nitrogen and oxygen atoms in total. The first-order valence-electron chi connectivity index (χ1n) is 4.73. The van der Waals surface area contributed by atoms with Crippen molar-refractivity contribution in [1.29, 1.82) is 0 Å². The minimum atomic E-state index is -3.09. The molecule has 0 heterocycles. The van der Waals surface area contributed by atoms with Crippen LogP contribution in [-0.4, -0.2) is 48.0 Å². The van der Waals surface area contributed by atoms with Gasteiger partial charge < -0.3 is 10.1 Å². The highest BCUT2D eigenvalue weighted by molar-refractivity contribution is 7.89. The molecule has 0 atom stereocenters. The molecule has 0 bridgehead atoms. The number of rotatable bonds is 9. The Morgan fingerprint density at radius 1 is 1.21 bits per heavy atom. The molecule has 2 N–H and O–H groups in total. The maximum Gasteiger partial charge on any atom is 0.211 e. The molecule has 0 aromatic heterocycles. The van der Waals surface area contributed by atoms with E-state index in [0.29, 0.717) is 19.6 Å². The van der Waals surface area contributed by atoms with Crippen molar-refractivity contribution >= 4 is 10.0 Å². The molecule has 0 aromatic rings. The van der Waals surface area contributed by atoms with Gasteiger partial charge in [-0.2, -0.15) is 0 Å². The summed E-state index contributed by atoms with van der Waals surface area (Å²) >= 11 is 0. The van der Waals surface area contributed by atoms with Crippen molar-refractivity contribution in [2.45, 2.75) is 12.8 Å². The van der Waals surface area contributed by atoms with Gasteiger partial charge in [0.2, 0.25) is 10.0 Å². The highest BCUT2D eigenvalue weighted by Gasteiger charge is 2.07. The Balaban J connectivity index is 3.52. The first-order chi connectivity index (χ1) is 6.62. The standard InChI is InChI=1S/C8H20N2O3S/c1-9-5-3-6-10-14(11,12)8-4-7-13-2/h9-10H,3-8H2,1-2H3. The molecule has 0 amide bonds. The fourth-order valence-corrected chi connectivity index (χ4v) is 2.06. The SMILES string of the molecule is CNCCCNS(=O)(=O)CCCOC. The second kappa shape index (κ2) is 8.16. The molecule has 0 saturated carbocycles. The molecule has 86 valence electrons. The van der Waals surface area contributed by atoms with Crippen LogP contribution in [0.4, 0.5) is 0 Å². The Hall–Kier alpha value is -0.170. The Kier molecular flexibility index (Phi) is 8.07. The molecule has 0 aliphatic carbocycles. The molecule has 0 aliphatic rings. The van der Waals surface area contributed by atoms with E-state index >= 15 is 0 Å². The summed E-state index contributed by atoms with van der Waals surface area (Å²) in [5.41, 5.74) is 0. The Labute approximate surface area is 86.3 Å². The molecular weight excluding hydrogens is 204 g/mol. The second-order valence-corrected chi connectivity index (χ2v) is 4.94. The van der Waals surface area contributed by atoms with E-state index in [1.165, 1.54) is 0 Å². The third-order valence-corrected chi connectivity index (χ3v) is 3.16. The van der Waals surface area contributed by atoms with Gasteiger partial charge in [-0.15, -0.1) is 0 Å². The lowest BCUT2D eigenvalue weighted by molar-refractivity contribution is 0.199. The molecular formula is C8H20N2O3S. The zero-order valence-electron chi connectivity index (χ0n) is 8.88. The van der Waals surface area contributed by atoms with Crippen molar-refractivity contribution < 1.29 is 13.2 Å². The molecule has 0 saturated heterocycles. The third-order valence-electron chi connectivity index (χ3n) is 1.69. The zero-order valence-corrected chi connectivity index (χ0v) is 9.69. The molecule has 0 rings (SSSR count). The van der Waals surface area contributed by atoms with Gasteiger partial charge in [0, 0.05) is 20.3 Å². The average Bonchev–Trinajstić information content (AvgIpc) is 2.13. The first-order valence-corrected chi connectivity index (χ1v) is 6.38. The summed E-state index contributed by atoms with van der Waals surface area (Å²) in [4.78, 5) is 0. The van der Waals surface area contributed by atoms with Crippen LogP contribution in [0.5, 0.6) is 0 Å². The van der Waals surface area contributed by atoms with E-state index in [-0.39, 0.29) is 5.75 Å². The normalized spacial score (nSPS) is 11.9. The van der Waals surface area contributed by atoms with E-state index < -0.39 is 10.0 Å². The number of hydrogen-bond acceptors (Lipinski definition) is 4. The summed E-state index contributed by atoms with van der Waals surface area (Å²) < 4.78 is 29.9. The van der Waals surface area contributed by atoms with Crippen LogP contribution in [0.3, 0.4) is 0 Å². The highest BCUT2D eigenvalue weighted by Crippen LogP contribution is 1.90. The summed E-state index contributed by atoms with van der Waals surface area (Å²) in [7, 11) is 0.311. The summed E-state index contributed by atoms with van der Waals surface area (Å²) in [6, 6.07) is 0. The highest BCUT2D eigenvalue weighted by atomic mass is 32.2. The van der Waals surface area contributed by atoms with Crippen LogP contribution in [0.1, 0.15) is 12.8 Å². The number of sulfonamides is 1. The van der Waals surface area contributed by atoms with E-state index in [4.69, 9.17) is 4.74 Å². The van der Waals surface area contributed by atoms with Gasteiger partial charge in [-0.1, -0.05) is 0 Å². The van der Waals surface area contributed by atoms with Crippen LogP contribution in [0.2, 0.25) is 0 Å². The molecule has 14 heavy (non-hydrogen) atoms. The molecule has 6 heteroatoms. The fourth-order valence-electron chi connectivity index (χ4n) is 0.958. The predicted molar refractivity (Wildman–Crippen MR) is 56.8 cm³/mol. The lowest BCUT2D eigenvalue weighted by Crippen LogP contribution is -2.29. The van der Waals surface area contributed by atoms with Crippen molar-refractivity contribution in [2.24, 2.45) is 0 Å². The van der Waals surface area contributed by atoms with Gasteiger partial charge in [-0.3, -0.25) is 0 Å². The quantitative estimate of drug-likeness (QED) is 0.521. The average molecular weight is 224 g/mol. The summed E-state index contributed by atoms with van der Waals surface area (Å²) in [5.74, 6) is 0.139. The number of methoxy groups -OCH3 is 1. The maximum atomic E-state index is 11.3. The van der Waals surface area contributed by atoms with Crippen LogP contribution in [0.15, 0.2) is 0 Å². The van der Waals surface area contributed by atoms with E-state index in [1.54, 1.807) is 7.11 Å². The number of ether oxygens (including phenoxy) is 1. The van der Waals surface area contributed by atoms with Crippen molar-refractivity contribution in [3.05, 3.63) is 0 Å². The molecule has 0 unspecified atom stereocenters. The maximum absolute atomic E-state index is 11.3. The number of hydrogen-bond donors (Lipinski definition) is 2. The van der Waals surface area contributed by atoms with E-state index in [0.717, 1.165) is 13.0 Å². The van der Waals surface area contributed by atoms with Gasteiger partial charge in [-0.05, 0) is 26.4 Å². The first kappa shape index (κ1) is 13.8. The van der Waals surface area contributed by atoms with Gasteiger partial charge in [0.1, 0.15) is 0 Å². The van der Waals surface area contributed by atoms with Crippen LogP contribution < -0.4 is 10.0 Å². The molecule has 0 aliphatic heterocycles. The minimum absolute atomic E-state index is 0.139. The van der Waals surface area contributed by atoms with Gasteiger partial charge in [0.25, 0.3) is 0 Å². The molecule has 0 aromatic carbocycles. The fraction of sp³-hybridized carbons (Fsp3) is 1.00. The Morgan fingerprint density at radius 2 is 1.93 bits per heavy atom. The van der Waals surface area contributed by atoms with Gasteiger partial charge >= 0.3 is 0 Å². The summed E-state index contributed by atoms with van der Waals surface area (Å²) in [6.45, 7) is 1.80. The van der Waals surface area contributed by atoms with Crippen molar-refractivity contribution in [3.8, 4) is 0 Å². The third kappa shape index (κ3) is 8.43. The van der Waals surface area contributed by atoms with Crippen molar-refractivity contribution in [3.63, 3.8) is 0 Å². The van der Waals surface area contributed by atoms with Crippen molar-refractivity contribution in [1.82, 2.24) is 10.0 Å². The lowest BCUT2D eigenvalue weighted by Gasteiger charge is -2.05. The molecule has 0 fully saturated rings. The summed E-state index contributed by atoms with van der Waals surface area (Å²) in [5, 5.41) is 2.95. The minimum Gasteiger partial charge on any atom is -0.385 e. The van der Waals surface area contributed by atoms with E-state index in [2.05, 4.69) is 10.0 Å². The topological polar surface area (TPSA) is 67.4 Å². The van der Waals surface area contributed by atoms with Crippen LogP contribution in [0, 0.1) is 0 Å². The summed E-state index contributed by atoms with van der Waals surface area (Å²) in [6.07, 6.45) is 1.35. The van der Waals surface area contributed by atoms with Gasteiger partial charge in [0.05, 0.1) is 5.75 Å². The molecule has 0 spiro atoms. The van der Waals surface area contributed by atoms with Crippen LogP contribution in [-0.2, 0) is 14.8 Å². The Bertz CT molecular complexity index is 217. The van der Waals surface area contributed by atoms with Crippen molar-refractivity contribution in [2.75, 3.05) is 39.6 Å². The second-order valence-electron chi connectivity index (χ2n) is 3.02. The smallest absolute Gasteiger partial charge is 0.211 e. The van der Waals surface area contributed by atoms with E-state index in [1.807, 2.05) is 7.05 Å². The van der Waals surface area contributed by atoms with Crippen LogP contribution >= 0.6 is 0 Å². The van der Waals surface area contributed by atoms with E-state index in [9.17, 15) is 8.42 Å².